The van der Waals surface area contributed by atoms with Gasteiger partial charge in [0.2, 0.25) is 0 Å². The number of hydrazone groups is 1. The van der Waals surface area contributed by atoms with Gasteiger partial charge in [-0.1, -0.05) is 30.3 Å². The number of anilines is 2. The number of carbonyl (C=O) groups excluding carboxylic acids is 2. The minimum atomic E-state index is -0.502. The van der Waals surface area contributed by atoms with E-state index in [0.29, 0.717) is 5.69 Å². The van der Waals surface area contributed by atoms with E-state index in [2.05, 4.69) is 10.4 Å². The second-order valence-electron chi connectivity index (χ2n) is 5.53. The molecule has 0 saturated carbocycles. The van der Waals surface area contributed by atoms with Crippen LogP contribution in [0.2, 0.25) is 0 Å². The molecule has 0 unspecified atom stereocenters. The maximum atomic E-state index is 12.4. The number of para-hydroxylation sites is 3. The van der Waals surface area contributed by atoms with Gasteiger partial charge in [0, 0.05) is 6.42 Å². The van der Waals surface area contributed by atoms with Crippen molar-refractivity contribution in [3.8, 4) is 5.75 Å². The lowest BCUT2D eigenvalue weighted by Gasteiger charge is -2.20. The molecule has 0 saturated heterocycles. The van der Waals surface area contributed by atoms with Crippen molar-refractivity contribution in [2.45, 2.75) is 19.4 Å². The van der Waals surface area contributed by atoms with E-state index in [1.807, 2.05) is 30.3 Å². The fraction of sp³-hybridized carbons (Fsp3) is 0.167. The molecule has 0 aromatic heterocycles. The molecule has 24 heavy (non-hydrogen) atoms. The predicted octanol–water partition coefficient (Wildman–Crippen LogP) is 2.55. The lowest BCUT2D eigenvalue weighted by Crippen LogP contribution is -2.33. The van der Waals surface area contributed by atoms with Gasteiger partial charge >= 0.3 is 0 Å². The van der Waals surface area contributed by atoms with Crippen LogP contribution in [0.5, 0.6) is 5.75 Å². The first kappa shape index (κ1) is 15.7. The number of phenols is 1. The number of hydrogen-bond donors (Lipinski definition) is 2. The summed E-state index contributed by atoms with van der Waals surface area (Å²) < 4.78 is 0. The van der Waals surface area contributed by atoms with E-state index >= 15 is 0 Å². The number of carbonyl (C=O) groups is 2. The van der Waals surface area contributed by atoms with Gasteiger partial charge in [-0.05, 0) is 31.2 Å². The van der Waals surface area contributed by atoms with Crippen LogP contribution < -0.4 is 10.3 Å². The summed E-state index contributed by atoms with van der Waals surface area (Å²) in [6, 6.07) is 15.2. The van der Waals surface area contributed by atoms with Crippen LogP contribution in [0.3, 0.4) is 0 Å². The van der Waals surface area contributed by atoms with Crippen LogP contribution in [0, 0.1) is 0 Å². The van der Waals surface area contributed by atoms with E-state index in [9.17, 15) is 14.7 Å². The van der Waals surface area contributed by atoms with Crippen molar-refractivity contribution in [1.29, 1.82) is 0 Å². The Hall–Kier alpha value is -3.15. The standard InChI is InChI=1S/C18H17N3O3/c1-12(22)16-11-15(20-21(16)13-7-3-2-4-8-13)18(24)19-14-9-5-6-10-17(14)23/h2-10,16,23H,11H2,1H3,(H,19,24)/t16-/m0/s1. The largest absolute Gasteiger partial charge is 0.506 e. The molecule has 3 rings (SSSR count). The number of hydrogen-bond acceptors (Lipinski definition) is 5. The summed E-state index contributed by atoms with van der Waals surface area (Å²) >= 11 is 0. The van der Waals surface area contributed by atoms with E-state index in [0.717, 1.165) is 5.69 Å². The van der Waals surface area contributed by atoms with Crippen molar-refractivity contribution in [3.63, 3.8) is 0 Å². The van der Waals surface area contributed by atoms with Crippen LogP contribution in [-0.4, -0.2) is 28.6 Å². The molecule has 122 valence electrons. The first-order valence-corrected chi connectivity index (χ1v) is 7.58. The zero-order valence-corrected chi connectivity index (χ0v) is 13.1. The van der Waals surface area contributed by atoms with E-state index in [1.165, 1.54) is 13.0 Å². The number of Topliss-reactive ketones (excluding diaryl/α,β-unsaturated/α-hetero) is 1. The molecular weight excluding hydrogens is 306 g/mol. The van der Waals surface area contributed by atoms with Gasteiger partial charge in [0.05, 0.1) is 11.4 Å². The second kappa shape index (κ2) is 6.54. The molecule has 1 atom stereocenters. The third-order valence-electron chi connectivity index (χ3n) is 3.81. The number of phenolic OH excluding ortho intramolecular Hbond substituents is 1. The maximum absolute atomic E-state index is 12.4. The van der Waals surface area contributed by atoms with E-state index in [4.69, 9.17) is 0 Å². The number of ketones is 1. The van der Waals surface area contributed by atoms with Crippen LogP contribution in [-0.2, 0) is 9.59 Å². The lowest BCUT2D eigenvalue weighted by molar-refractivity contribution is -0.118. The Kier molecular flexibility index (Phi) is 4.29. The molecule has 1 aliphatic heterocycles. The fourth-order valence-electron chi connectivity index (χ4n) is 2.56. The smallest absolute Gasteiger partial charge is 0.272 e. The summed E-state index contributed by atoms with van der Waals surface area (Å²) in [4.78, 5) is 24.3. The number of nitrogens with one attached hydrogen (secondary N) is 1. The van der Waals surface area contributed by atoms with Crippen molar-refractivity contribution in [1.82, 2.24) is 0 Å². The quantitative estimate of drug-likeness (QED) is 0.847. The molecule has 0 radical (unpaired) electrons. The Morgan fingerprint density at radius 1 is 1.12 bits per heavy atom. The number of rotatable bonds is 4. The van der Waals surface area contributed by atoms with Crippen molar-refractivity contribution in [3.05, 3.63) is 54.6 Å². The van der Waals surface area contributed by atoms with Crippen LogP contribution in [0.1, 0.15) is 13.3 Å². The summed E-state index contributed by atoms with van der Waals surface area (Å²) in [7, 11) is 0. The Morgan fingerprint density at radius 3 is 2.46 bits per heavy atom. The van der Waals surface area contributed by atoms with Gasteiger partial charge in [-0.2, -0.15) is 5.10 Å². The van der Waals surface area contributed by atoms with Crippen LogP contribution in [0.15, 0.2) is 59.7 Å². The highest BCUT2D eigenvalue weighted by atomic mass is 16.3. The average molecular weight is 323 g/mol. The zero-order valence-electron chi connectivity index (χ0n) is 13.1. The normalized spacial score (nSPS) is 16.6. The zero-order chi connectivity index (χ0) is 17.1. The Balaban J connectivity index is 1.84. The molecule has 2 aromatic rings. The summed E-state index contributed by atoms with van der Waals surface area (Å²) in [5.41, 5.74) is 1.31. The van der Waals surface area contributed by atoms with Crippen LogP contribution in [0.25, 0.3) is 0 Å². The average Bonchev–Trinajstić information content (AvgIpc) is 3.03. The highest BCUT2D eigenvalue weighted by molar-refractivity contribution is 6.44. The molecular formula is C18H17N3O3. The predicted molar refractivity (Wildman–Crippen MR) is 92.2 cm³/mol. The van der Waals surface area contributed by atoms with Gasteiger partial charge in [0.15, 0.2) is 5.78 Å². The van der Waals surface area contributed by atoms with Gasteiger partial charge in [0.1, 0.15) is 17.5 Å². The molecule has 2 aromatic carbocycles. The van der Waals surface area contributed by atoms with Crippen molar-refractivity contribution in [2.75, 3.05) is 10.3 Å². The topological polar surface area (TPSA) is 82.0 Å². The van der Waals surface area contributed by atoms with Gasteiger partial charge in [-0.25, -0.2) is 0 Å². The molecule has 6 heteroatoms. The Bertz CT molecular complexity index is 802. The molecule has 0 aliphatic carbocycles. The third-order valence-corrected chi connectivity index (χ3v) is 3.81. The number of amides is 1. The summed E-state index contributed by atoms with van der Waals surface area (Å²) in [5.74, 6) is -0.512. The van der Waals surface area contributed by atoms with Crippen molar-refractivity contribution >= 4 is 28.8 Å². The first-order chi connectivity index (χ1) is 11.6. The van der Waals surface area contributed by atoms with E-state index in [-0.39, 0.29) is 23.7 Å². The highest BCUT2D eigenvalue weighted by Crippen LogP contribution is 2.26. The Labute approximate surface area is 139 Å². The molecule has 0 fully saturated rings. The Morgan fingerprint density at radius 2 is 1.79 bits per heavy atom. The monoisotopic (exact) mass is 323 g/mol. The van der Waals surface area contributed by atoms with Crippen molar-refractivity contribution in [2.24, 2.45) is 5.10 Å². The van der Waals surface area contributed by atoms with E-state index in [1.54, 1.807) is 23.2 Å². The molecule has 1 heterocycles. The van der Waals surface area contributed by atoms with Gasteiger partial charge in [-0.3, -0.25) is 14.6 Å². The van der Waals surface area contributed by atoms with Crippen LogP contribution in [0.4, 0.5) is 11.4 Å². The molecule has 1 amide bonds. The first-order valence-electron chi connectivity index (χ1n) is 7.58. The minimum Gasteiger partial charge on any atom is -0.506 e. The molecule has 6 nitrogen and oxygen atoms in total. The summed E-state index contributed by atoms with van der Waals surface area (Å²) in [6.45, 7) is 1.49. The highest BCUT2D eigenvalue weighted by Gasteiger charge is 2.34. The second-order valence-corrected chi connectivity index (χ2v) is 5.53. The van der Waals surface area contributed by atoms with Crippen LogP contribution >= 0.6 is 0 Å². The van der Waals surface area contributed by atoms with Gasteiger partial charge in [-0.15, -0.1) is 0 Å². The SMILES string of the molecule is CC(=O)[C@@H]1CC(C(=O)Nc2ccccc2O)=NN1c1ccccc1. The summed E-state index contributed by atoms with van der Waals surface area (Å²) in [5, 5.41) is 18.3. The maximum Gasteiger partial charge on any atom is 0.272 e. The summed E-state index contributed by atoms with van der Waals surface area (Å²) in [6.07, 6.45) is 0.226. The third kappa shape index (κ3) is 3.12. The molecule has 2 N–H and O–H groups in total. The number of aromatic hydroxyl groups is 1. The van der Waals surface area contributed by atoms with Gasteiger partial charge < -0.3 is 10.4 Å². The van der Waals surface area contributed by atoms with Crippen molar-refractivity contribution < 1.29 is 14.7 Å². The lowest BCUT2D eigenvalue weighted by atomic mass is 10.1. The number of benzene rings is 2. The fourth-order valence-corrected chi connectivity index (χ4v) is 2.56. The number of nitrogens with zero attached hydrogens (tertiary/aromatic N) is 2. The van der Waals surface area contributed by atoms with E-state index < -0.39 is 11.9 Å². The molecule has 0 bridgehead atoms. The van der Waals surface area contributed by atoms with Gasteiger partial charge in [0.25, 0.3) is 5.91 Å². The molecule has 0 spiro atoms. The molecule has 1 aliphatic rings. The minimum absolute atomic E-state index is 0.0209.